The van der Waals surface area contributed by atoms with Gasteiger partial charge in [-0.1, -0.05) is 0 Å². The fraction of sp³-hybridized carbons (Fsp3) is 0.647. The summed E-state index contributed by atoms with van der Waals surface area (Å²) in [5.74, 6) is 1.08. The molecule has 0 saturated heterocycles. The summed E-state index contributed by atoms with van der Waals surface area (Å²) >= 11 is 1.65. The first-order valence-corrected chi connectivity index (χ1v) is 9.79. The van der Waals surface area contributed by atoms with Crippen molar-refractivity contribution in [1.29, 1.82) is 0 Å². The molecular formula is C17H26N4O2S. The van der Waals surface area contributed by atoms with E-state index in [1.807, 2.05) is 13.2 Å². The number of carbonyl (C=O) groups excluding carboxylic acids is 2. The first-order valence-electron chi connectivity index (χ1n) is 8.40. The fourth-order valence-corrected chi connectivity index (χ4v) is 3.43. The van der Waals surface area contributed by atoms with Crippen LogP contribution in [-0.4, -0.2) is 39.8 Å². The lowest BCUT2D eigenvalue weighted by molar-refractivity contribution is -0.128. The smallest absolute Gasteiger partial charge is 0.242 e. The molecule has 132 valence electrons. The van der Waals surface area contributed by atoms with Gasteiger partial charge in [-0.05, 0) is 56.6 Å². The zero-order chi connectivity index (χ0) is 17.5. The Hall–Kier alpha value is -1.63. The van der Waals surface area contributed by atoms with Gasteiger partial charge in [-0.15, -0.1) is 0 Å². The molecule has 1 aliphatic carbocycles. The Labute approximate surface area is 147 Å². The number of hydrogen-bond acceptors (Lipinski definition) is 5. The highest BCUT2D eigenvalue weighted by molar-refractivity contribution is 7.98. The molecule has 1 aromatic rings. The first-order chi connectivity index (χ1) is 11.5. The zero-order valence-electron chi connectivity index (χ0n) is 14.6. The van der Waals surface area contributed by atoms with Crippen molar-refractivity contribution in [1.82, 2.24) is 20.6 Å². The van der Waals surface area contributed by atoms with Crippen LogP contribution in [-0.2, 0) is 29.0 Å². The number of nitrogens with zero attached hydrogens (tertiary/aromatic N) is 2. The lowest BCUT2D eigenvalue weighted by Crippen LogP contribution is -2.46. The highest BCUT2D eigenvalue weighted by Gasteiger charge is 2.20. The third-order valence-corrected chi connectivity index (χ3v) is 4.81. The number of hydrogen-bond donors (Lipinski definition) is 2. The lowest BCUT2D eigenvalue weighted by Gasteiger charge is -2.19. The standard InChI is InChI=1S/C17H26N4O2S/c1-11-13-6-4-5-7-14(13)21-16(19-11)10-18-17(23)15(8-9-24-3)20-12(2)22/h15H,4-10H2,1-3H3,(H,18,23)(H,20,22)/t15-/m0/s1. The number of aryl methyl sites for hydroxylation is 2. The maximum Gasteiger partial charge on any atom is 0.242 e. The van der Waals surface area contributed by atoms with E-state index in [1.165, 1.54) is 18.9 Å². The van der Waals surface area contributed by atoms with E-state index >= 15 is 0 Å². The van der Waals surface area contributed by atoms with Crippen LogP contribution >= 0.6 is 11.8 Å². The molecule has 0 unspecified atom stereocenters. The molecule has 0 aliphatic heterocycles. The van der Waals surface area contributed by atoms with Crippen molar-refractivity contribution in [2.45, 2.75) is 58.5 Å². The number of carbonyl (C=O) groups is 2. The molecule has 1 atom stereocenters. The predicted octanol–water partition coefficient (Wildman–Crippen LogP) is 1.54. The average molecular weight is 350 g/mol. The summed E-state index contributed by atoms with van der Waals surface area (Å²) in [5, 5.41) is 5.57. The molecule has 2 rings (SSSR count). The van der Waals surface area contributed by atoms with E-state index in [0.717, 1.165) is 36.4 Å². The molecule has 0 fully saturated rings. The number of aromatic nitrogens is 2. The van der Waals surface area contributed by atoms with Gasteiger partial charge in [0.25, 0.3) is 0 Å². The van der Waals surface area contributed by atoms with Gasteiger partial charge in [0.05, 0.1) is 6.54 Å². The largest absolute Gasteiger partial charge is 0.347 e. The molecule has 2 amide bonds. The topological polar surface area (TPSA) is 84.0 Å². The van der Waals surface area contributed by atoms with Crippen molar-refractivity contribution in [2.75, 3.05) is 12.0 Å². The van der Waals surface area contributed by atoms with Crippen molar-refractivity contribution in [2.24, 2.45) is 0 Å². The van der Waals surface area contributed by atoms with Gasteiger partial charge >= 0.3 is 0 Å². The molecule has 24 heavy (non-hydrogen) atoms. The predicted molar refractivity (Wildman–Crippen MR) is 95.9 cm³/mol. The van der Waals surface area contributed by atoms with Crippen molar-refractivity contribution in [3.63, 3.8) is 0 Å². The van der Waals surface area contributed by atoms with Crippen LogP contribution in [0.1, 0.15) is 49.0 Å². The molecule has 6 nitrogen and oxygen atoms in total. The van der Waals surface area contributed by atoms with Gasteiger partial charge in [-0.3, -0.25) is 9.59 Å². The zero-order valence-corrected chi connectivity index (χ0v) is 15.5. The molecule has 1 aliphatic rings. The second kappa shape index (κ2) is 9.01. The number of nitrogens with one attached hydrogen (secondary N) is 2. The van der Waals surface area contributed by atoms with Crippen molar-refractivity contribution in [3.05, 3.63) is 22.8 Å². The molecule has 0 bridgehead atoms. The monoisotopic (exact) mass is 350 g/mol. The normalized spacial score (nSPS) is 14.6. The minimum Gasteiger partial charge on any atom is -0.347 e. The lowest BCUT2D eigenvalue weighted by atomic mass is 9.95. The SMILES string of the molecule is CSCC[C@H](NC(C)=O)C(=O)NCc1nc(C)c2c(n1)CCCC2. The molecule has 0 radical (unpaired) electrons. The Morgan fingerprint density at radius 1 is 1.25 bits per heavy atom. The summed E-state index contributed by atoms with van der Waals surface area (Å²) in [5.41, 5.74) is 3.41. The van der Waals surface area contributed by atoms with Crippen LogP contribution in [0.15, 0.2) is 0 Å². The van der Waals surface area contributed by atoms with E-state index in [1.54, 1.807) is 11.8 Å². The summed E-state index contributed by atoms with van der Waals surface area (Å²) in [7, 11) is 0. The van der Waals surface area contributed by atoms with Gasteiger partial charge in [0.2, 0.25) is 11.8 Å². The van der Waals surface area contributed by atoms with Gasteiger partial charge in [0.15, 0.2) is 0 Å². The van der Waals surface area contributed by atoms with Crippen LogP contribution in [0.4, 0.5) is 0 Å². The third-order valence-electron chi connectivity index (χ3n) is 4.16. The van der Waals surface area contributed by atoms with Gasteiger partial charge in [0.1, 0.15) is 11.9 Å². The molecule has 7 heteroatoms. The van der Waals surface area contributed by atoms with Crippen LogP contribution < -0.4 is 10.6 Å². The second-order valence-electron chi connectivity index (χ2n) is 6.11. The van der Waals surface area contributed by atoms with E-state index in [2.05, 4.69) is 20.6 Å². The van der Waals surface area contributed by atoms with E-state index in [0.29, 0.717) is 18.8 Å². The van der Waals surface area contributed by atoms with Crippen LogP contribution in [0.2, 0.25) is 0 Å². The molecular weight excluding hydrogens is 324 g/mol. The Morgan fingerprint density at radius 2 is 2.00 bits per heavy atom. The number of fused-ring (bicyclic) bond motifs is 1. The van der Waals surface area contributed by atoms with Gasteiger partial charge in [-0.25, -0.2) is 9.97 Å². The van der Waals surface area contributed by atoms with Crippen LogP contribution in [0, 0.1) is 6.92 Å². The summed E-state index contributed by atoms with van der Waals surface area (Å²) in [6, 6.07) is -0.506. The van der Waals surface area contributed by atoms with Gasteiger partial charge < -0.3 is 10.6 Å². The minimum absolute atomic E-state index is 0.182. The third kappa shape index (κ3) is 5.19. The van der Waals surface area contributed by atoms with Crippen molar-refractivity contribution >= 4 is 23.6 Å². The maximum atomic E-state index is 12.3. The second-order valence-corrected chi connectivity index (χ2v) is 7.10. The molecule has 0 saturated carbocycles. The molecule has 1 heterocycles. The summed E-state index contributed by atoms with van der Waals surface area (Å²) in [6.45, 7) is 3.73. The van der Waals surface area contributed by atoms with Crippen LogP contribution in [0.5, 0.6) is 0 Å². The fourth-order valence-electron chi connectivity index (χ4n) is 2.96. The summed E-state index contributed by atoms with van der Waals surface area (Å²) < 4.78 is 0. The van der Waals surface area contributed by atoms with Gasteiger partial charge in [-0.2, -0.15) is 11.8 Å². The van der Waals surface area contributed by atoms with Crippen LogP contribution in [0.3, 0.4) is 0 Å². The van der Waals surface area contributed by atoms with Gasteiger partial charge in [0, 0.05) is 18.3 Å². The van der Waals surface area contributed by atoms with Crippen molar-refractivity contribution in [3.8, 4) is 0 Å². The Bertz CT molecular complexity index is 606. The quantitative estimate of drug-likeness (QED) is 0.779. The Balaban J connectivity index is 1.99. The molecule has 2 N–H and O–H groups in total. The summed E-state index contributed by atoms with van der Waals surface area (Å²) in [4.78, 5) is 32.8. The summed E-state index contributed by atoms with van der Waals surface area (Å²) in [6.07, 6.45) is 6.98. The molecule has 1 aromatic heterocycles. The Morgan fingerprint density at radius 3 is 2.71 bits per heavy atom. The number of amides is 2. The maximum absolute atomic E-state index is 12.3. The first kappa shape index (κ1) is 18.7. The minimum atomic E-state index is -0.506. The van der Waals surface area contributed by atoms with E-state index in [-0.39, 0.29) is 11.8 Å². The number of rotatable bonds is 7. The number of thioether (sulfide) groups is 1. The molecule has 0 spiro atoms. The van der Waals surface area contributed by atoms with E-state index < -0.39 is 6.04 Å². The van der Waals surface area contributed by atoms with Crippen molar-refractivity contribution < 1.29 is 9.59 Å². The molecule has 0 aromatic carbocycles. The highest BCUT2D eigenvalue weighted by Crippen LogP contribution is 2.21. The van der Waals surface area contributed by atoms with E-state index in [9.17, 15) is 9.59 Å². The Kier molecular flexibility index (Phi) is 7.02. The average Bonchev–Trinajstić information content (AvgIpc) is 2.56. The van der Waals surface area contributed by atoms with Crippen LogP contribution in [0.25, 0.3) is 0 Å². The van der Waals surface area contributed by atoms with E-state index in [4.69, 9.17) is 0 Å². The highest BCUT2D eigenvalue weighted by atomic mass is 32.2.